The van der Waals surface area contributed by atoms with Gasteiger partial charge in [-0.2, -0.15) is 13.2 Å². The molecule has 0 radical (unpaired) electrons. The summed E-state index contributed by atoms with van der Waals surface area (Å²) in [6, 6.07) is 2.88. The van der Waals surface area contributed by atoms with E-state index in [-0.39, 0.29) is 11.3 Å². The van der Waals surface area contributed by atoms with E-state index in [1.54, 1.807) is 6.07 Å². The van der Waals surface area contributed by atoms with Crippen molar-refractivity contribution in [2.45, 2.75) is 25.6 Å². The van der Waals surface area contributed by atoms with Gasteiger partial charge in [0.2, 0.25) is 0 Å². The van der Waals surface area contributed by atoms with E-state index >= 15 is 0 Å². The van der Waals surface area contributed by atoms with E-state index in [4.69, 9.17) is 4.74 Å². The molecule has 1 atom stereocenters. The first-order chi connectivity index (χ1) is 8.40. The standard InChI is InChI=1S/C12H15BrF3NO/c1-3-6-17-11(12(14,15)16)9-7-8(13)4-5-10(9)18-2/h4-5,7,11,17H,3,6H2,1-2H3. The normalized spacial score (nSPS) is 13.4. The lowest BCUT2D eigenvalue weighted by atomic mass is 10.1. The van der Waals surface area contributed by atoms with Crippen LogP contribution in [0.15, 0.2) is 22.7 Å². The average molecular weight is 326 g/mol. The van der Waals surface area contributed by atoms with Gasteiger partial charge in [-0.3, -0.25) is 0 Å². The van der Waals surface area contributed by atoms with Gasteiger partial charge in [0.05, 0.1) is 7.11 Å². The minimum absolute atomic E-state index is 0.0906. The number of ether oxygens (including phenoxy) is 1. The van der Waals surface area contributed by atoms with Crippen molar-refractivity contribution in [3.63, 3.8) is 0 Å². The highest BCUT2D eigenvalue weighted by Gasteiger charge is 2.41. The van der Waals surface area contributed by atoms with E-state index in [0.29, 0.717) is 17.4 Å². The first-order valence-corrected chi connectivity index (χ1v) is 6.33. The van der Waals surface area contributed by atoms with E-state index in [1.165, 1.54) is 19.2 Å². The molecule has 6 heteroatoms. The van der Waals surface area contributed by atoms with Crippen LogP contribution < -0.4 is 10.1 Å². The fraction of sp³-hybridized carbons (Fsp3) is 0.500. The molecule has 1 unspecified atom stereocenters. The van der Waals surface area contributed by atoms with Crippen LogP contribution in [-0.2, 0) is 0 Å². The second-order valence-corrected chi connectivity index (χ2v) is 4.73. The Kier molecular flexibility index (Phi) is 5.47. The fourth-order valence-electron chi connectivity index (χ4n) is 1.62. The Morgan fingerprint density at radius 3 is 2.56 bits per heavy atom. The molecule has 0 saturated heterocycles. The minimum Gasteiger partial charge on any atom is -0.496 e. The van der Waals surface area contributed by atoms with Gasteiger partial charge in [-0.25, -0.2) is 0 Å². The van der Waals surface area contributed by atoms with Crippen LogP contribution in [0.4, 0.5) is 13.2 Å². The van der Waals surface area contributed by atoms with Gasteiger partial charge in [-0.1, -0.05) is 22.9 Å². The molecule has 0 aromatic heterocycles. The Morgan fingerprint density at radius 1 is 1.39 bits per heavy atom. The highest BCUT2D eigenvalue weighted by Crippen LogP contribution is 2.38. The molecule has 1 aromatic carbocycles. The highest BCUT2D eigenvalue weighted by molar-refractivity contribution is 9.10. The smallest absolute Gasteiger partial charge is 0.408 e. The van der Waals surface area contributed by atoms with Gasteiger partial charge in [0.25, 0.3) is 0 Å². The third kappa shape index (κ3) is 3.88. The summed E-state index contributed by atoms with van der Waals surface area (Å²) in [7, 11) is 1.36. The van der Waals surface area contributed by atoms with Crippen molar-refractivity contribution in [2.24, 2.45) is 0 Å². The van der Waals surface area contributed by atoms with Crippen molar-refractivity contribution < 1.29 is 17.9 Å². The Hall–Kier alpha value is -0.750. The Labute approximate surface area is 113 Å². The number of hydrogen-bond acceptors (Lipinski definition) is 2. The predicted molar refractivity (Wildman–Crippen MR) is 67.8 cm³/mol. The monoisotopic (exact) mass is 325 g/mol. The van der Waals surface area contributed by atoms with Crippen LogP contribution in [0.1, 0.15) is 24.9 Å². The molecular formula is C12H15BrF3NO. The summed E-state index contributed by atoms with van der Waals surface area (Å²) in [5.74, 6) is 0.226. The molecule has 0 aliphatic carbocycles. The van der Waals surface area contributed by atoms with Crippen LogP contribution in [0.25, 0.3) is 0 Å². The molecule has 102 valence electrons. The number of alkyl halides is 3. The van der Waals surface area contributed by atoms with Crippen LogP contribution in [0.2, 0.25) is 0 Å². The average Bonchev–Trinajstić information content (AvgIpc) is 2.28. The fourth-order valence-corrected chi connectivity index (χ4v) is 2.00. The van der Waals surface area contributed by atoms with Crippen molar-refractivity contribution in [1.29, 1.82) is 0 Å². The highest BCUT2D eigenvalue weighted by atomic mass is 79.9. The zero-order chi connectivity index (χ0) is 13.8. The van der Waals surface area contributed by atoms with E-state index in [2.05, 4.69) is 21.2 Å². The van der Waals surface area contributed by atoms with Gasteiger partial charge >= 0.3 is 6.18 Å². The summed E-state index contributed by atoms with van der Waals surface area (Å²) in [5.41, 5.74) is 0.0906. The summed E-state index contributed by atoms with van der Waals surface area (Å²) in [6.45, 7) is 2.11. The molecule has 1 aromatic rings. The van der Waals surface area contributed by atoms with Crippen LogP contribution in [-0.4, -0.2) is 19.8 Å². The summed E-state index contributed by atoms with van der Waals surface area (Å²) in [6.07, 6.45) is -3.73. The summed E-state index contributed by atoms with van der Waals surface area (Å²) < 4.78 is 44.7. The zero-order valence-electron chi connectivity index (χ0n) is 10.1. The lowest BCUT2D eigenvalue weighted by Crippen LogP contribution is -2.34. The molecule has 0 aliphatic rings. The second kappa shape index (κ2) is 6.43. The number of methoxy groups -OCH3 is 1. The van der Waals surface area contributed by atoms with Crippen molar-refractivity contribution in [2.75, 3.05) is 13.7 Å². The van der Waals surface area contributed by atoms with Gasteiger partial charge in [0, 0.05) is 10.0 Å². The second-order valence-electron chi connectivity index (χ2n) is 3.82. The first kappa shape index (κ1) is 15.3. The molecule has 0 heterocycles. The third-order valence-corrected chi connectivity index (χ3v) is 2.92. The first-order valence-electron chi connectivity index (χ1n) is 5.53. The van der Waals surface area contributed by atoms with Gasteiger partial charge in [0.1, 0.15) is 11.8 Å². The number of nitrogens with one attached hydrogen (secondary N) is 1. The molecule has 0 saturated carbocycles. The molecular weight excluding hydrogens is 311 g/mol. The van der Waals surface area contributed by atoms with E-state index in [1.807, 2.05) is 6.92 Å². The van der Waals surface area contributed by atoms with Crippen molar-refractivity contribution >= 4 is 15.9 Å². The van der Waals surface area contributed by atoms with Gasteiger partial charge < -0.3 is 10.1 Å². The number of halogens is 4. The molecule has 0 aliphatic heterocycles. The lowest BCUT2D eigenvalue weighted by Gasteiger charge is -2.23. The predicted octanol–water partition coefficient (Wildman–Crippen LogP) is 4.06. The van der Waals surface area contributed by atoms with E-state index in [9.17, 15) is 13.2 Å². The molecule has 18 heavy (non-hydrogen) atoms. The van der Waals surface area contributed by atoms with E-state index < -0.39 is 12.2 Å². The van der Waals surface area contributed by atoms with E-state index in [0.717, 1.165) is 0 Å². The molecule has 2 nitrogen and oxygen atoms in total. The topological polar surface area (TPSA) is 21.3 Å². The molecule has 1 rings (SSSR count). The van der Waals surface area contributed by atoms with Crippen LogP contribution in [0.5, 0.6) is 5.75 Å². The maximum Gasteiger partial charge on any atom is 0.408 e. The van der Waals surface area contributed by atoms with Gasteiger partial charge in [0.15, 0.2) is 0 Å². The largest absolute Gasteiger partial charge is 0.496 e. The Morgan fingerprint density at radius 2 is 2.06 bits per heavy atom. The lowest BCUT2D eigenvalue weighted by molar-refractivity contribution is -0.158. The SMILES string of the molecule is CCCNC(c1cc(Br)ccc1OC)C(F)(F)F. The van der Waals surface area contributed by atoms with Gasteiger partial charge in [-0.05, 0) is 31.2 Å². The minimum atomic E-state index is -4.36. The Bertz CT molecular complexity index is 395. The molecule has 1 N–H and O–H groups in total. The Balaban J connectivity index is 3.15. The van der Waals surface area contributed by atoms with Crippen LogP contribution in [0, 0.1) is 0 Å². The molecule has 0 fully saturated rings. The van der Waals surface area contributed by atoms with Crippen molar-refractivity contribution in [3.05, 3.63) is 28.2 Å². The molecule has 0 spiro atoms. The molecule has 0 bridgehead atoms. The summed E-state index contributed by atoms with van der Waals surface area (Å²) in [4.78, 5) is 0. The maximum absolute atomic E-state index is 13.0. The van der Waals surface area contributed by atoms with Crippen LogP contribution in [0.3, 0.4) is 0 Å². The quantitative estimate of drug-likeness (QED) is 0.881. The number of hydrogen-bond donors (Lipinski definition) is 1. The summed E-state index contributed by atoms with van der Waals surface area (Å²) in [5, 5.41) is 2.50. The van der Waals surface area contributed by atoms with Crippen LogP contribution >= 0.6 is 15.9 Å². The number of benzene rings is 1. The van der Waals surface area contributed by atoms with Crippen molar-refractivity contribution in [1.82, 2.24) is 5.32 Å². The third-order valence-electron chi connectivity index (χ3n) is 2.43. The zero-order valence-corrected chi connectivity index (χ0v) is 11.7. The molecule has 0 amide bonds. The van der Waals surface area contributed by atoms with Gasteiger partial charge in [-0.15, -0.1) is 0 Å². The van der Waals surface area contributed by atoms with Crippen molar-refractivity contribution in [3.8, 4) is 5.75 Å². The maximum atomic E-state index is 13.0. The summed E-state index contributed by atoms with van der Waals surface area (Å²) >= 11 is 3.18. The number of rotatable bonds is 5.